The monoisotopic (exact) mass is 321 g/mol. The van der Waals surface area contributed by atoms with Gasteiger partial charge < -0.3 is 5.11 Å². The lowest BCUT2D eigenvalue weighted by atomic mass is 9.84. The molecule has 2 aliphatic rings. The Kier molecular flexibility index (Phi) is 3.11. The van der Waals surface area contributed by atoms with E-state index in [-0.39, 0.29) is 18.4 Å². The average molecular weight is 321 g/mol. The molecule has 0 aromatic carbocycles. The molecule has 0 spiro atoms. The number of nitrogens with zero attached hydrogens (tertiary/aromatic N) is 1. The molecule has 116 valence electrons. The van der Waals surface area contributed by atoms with E-state index in [1.807, 2.05) is 0 Å². The van der Waals surface area contributed by atoms with Crippen molar-refractivity contribution in [3.8, 4) is 0 Å². The fourth-order valence-electron chi connectivity index (χ4n) is 3.48. The van der Waals surface area contributed by atoms with Gasteiger partial charge in [0.15, 0.2) is 9.84 Å². The molecule has 2 atom stereocenters. The van der Waals surface area contributed by atoms with Gasteiger partial charge in [0.05, 0.1) is 21.7 Å². The van der Waals surface area contributed by atoms with E-state index in [4.69, 9.17) is 0 Å². The minimum atomic E-state index is -4.61. The van der Waals surface area contributed by atoms with Gasteiger partial charge in [-0.15, -0.1) is 0 Å². The van der Waals surface area contributed by atoms with Gasteiger partial charge in [-0.2, -0.15) is 13.2 Å². The minimum absolute atomic E-state index is 0.194. The molecule has 0 aliphatic carbocycles. The first-order valence-electron chi connectivity index (χ1n) is 6.61. The van der Waals surface area contributed by atoms with Crippen LogP contribution in [0.5, 0.6) is 0 Å². The highest BCUT2D eigenvalue weighted by Gasteiger charge is 2.54. The van der Waals surface area contributed by atoms with Crippen molar-refractivity contribution < 1.29 is 26.7 Å². The summed E-state index contributed by atoms with van der Waals surface area (Å²) in [7, 11) is -3.32. The predicted octanol–water partition coefficient (Wildman–Crippen LogP) is 2.03. The van der Waals surface area contributed by atoms with Crippen LogP contribution in [0.1, 0.15) is 36.8 Å². The van der Waals surface area contributed by atoms with E-state index in [9.17, 15) is 26.7 Å². The molecule has 2 saturated heterocycles. The fourth-order valence-corrected chi connectivity index (χ4v) is 5.97. The van der Waals surface area contributed by atoms with Crippen LogP contribution in [0.4, 0.5) is 13.2 Å². The van der Waals surface area contributed by atoms with Gasteiger partial charge in [-0.3, -0.25) is 4.98 Å². The Balaban J connectivity index is 2.07. The summed E-state index contributed by atoms with van der Waals surface area (Å²) in [6, 6.07) is 0.818. The van der Waals surface area contributed by atoms with Crippen molar-refractivity contribution in [2.45, 2.75) is 48.0 Å². The maximum atomic E-state index is 13.1. The molecule has 3 rings (SSSR count). The Labute approximate surface area is 119 Å². The second kappa shape index (κ2) is 4.42. The zero-order valence-corrected chi connectivity index (χ0v) is 11.8. The summed E-state index contributed by atoms with van der Waals surface area (Å²) in [5.41, 5.74) is -3.04. The molecule has 2 fully saturated rings. The van der Waals surface area contributed by atoms with E-state index in [0.29, 0.717) is 12.8 Å². The minimum Gasteiger partial charge on any atom is -0.385 e. The van der Waals surface area contributed by atoms with E-state index >= 15 is 0 Å². The van der Waals surface area contributed by atoms with Gasteiger partial charge in [-0.1, -0.05) is 0 Å². The van der Waals surface area contributed by atoms with E-state index in [2.05, 4.69) is 4.98 Å². The smallest absolute Gasteiger partial charge is 0.385 e. The number of aromatic nitrogens is 1. The Morgan fingerprint density at radius 1 is 1.24 bits per heavy atom. The summed E-state index contributed by atoms with van der Waals surface area (Å²) < 4.78 is 63.3. The first-order chi connectivity index (χ1) is 9.64. The average Bonchev–Trinajstić information content (AvgIpc) is 2.58. The van der Waals surface area contributed by atoms with Crippen LogP contribution in [0, 0.1) is 0 Å². The van der Waals surface area contributed by atoms with Gasteiger partial charge in [0, 0.05) is 18.0 Å². The van der Waals surface area contributed by atoms with Crippen LogP contribution in [0.3, 0.4) is 0 Å². The maximum absolute atomic E-state index is 13.1. The number of pyridine rings is 1. The molecule has 2 aliphatic heterocycles. The molecule has 21 heavy (non-hydrogen) atoms. The maximum Gasteiger partial charge on any atom is 0.416 e. The van der Waals surface area contributed by atoms with E-state index in [0.717, 1.165) is 18.5 Å². The first kappa shape index (κ1) is 14.8. The number of aliphatic hydroxyl groups is 1. The van der Waals surface area contributed by atoms with Crippen molar-refractivity contribution >= 4 is 9.84 Å². The van der Waals surface area contributed by atoms with Gasteiger partial charge >= 0.3 is 6.18 Å². The third-order valence-electron chi connectivity index (χ3n) is 4.50. The summed E-state index contributed by atoms with van der Waals surface area (Å²) in [6.07, 6.45) is -2.18. The van der Waals surface area contributed by atoms with Crippen molar-refractivity contribution in [2.24, 2.45) is 0 Å². The van der Waals surface area contributed by atoms with Gasteiger partial charge in [0.1, 0.15) is 0 Å². The number of hydrogen-bond donors (Lipinski definition) is 1. The lowest BCUT2D eigenvalue weighted by Gasteiger charge is -2.37. The third kappa shape index (κ3) is 2.24. The predicted molar refractivity (Wildman–Crippen MR) is 68.1 cm³/mol. The summed E-state index contributed by atoms with van der Waals surface area (Å²) in [6.45, 7) is 0. The molecular weight excluding hydrogens is 307 g/mol. The van der Waals surface area contributed by atoms with Crippen molar-refractivity contribution in [1.29, 1.82) is 0 Å². The molecule has 8 heteroatoms. The molecule has 1 aromatic heterocycles. The highest BCUT2D eigenvalue weighted by Crippen LogP contribution is 2.49. The molecular formula is C13H14F3NO3S. The van der Waals surface area contributed by atoms with Gasteiger partial charge in [0.2, 0.25) is 0 Å². The van der Waals surface area contributed by atoms with E-state index in [1.54, 1.807) is 0 Å². The highest BCUT2D eigenvalue weighted by atomic mass is 32.2. The van der Waals surface area contributed by atoms with Crippen molar-refractivity contribution in [1.82, 2.24) is 4.98 Å². The molecule has 1 N–H and O–H groups in total. The third-order valence-corrected chi connectivity index (χ3v) is 7.16. The van der Waals surface area contributed by atoms with Gasteiger partial charge in [-0.05, 0) is 31.7 Å². The summed E-state index contributed by atoms with van der Waals surface area (Å²) >= 11 is 0. The van der Waals surface area contributed by atoms with E-state index < -0.39 is 37.7 Å². The fraction of sp³-hybridized carbons (Fsp3) is 0.615. The number of alkyl halides is 3. The van der Waals surface area contributed by atoms with Crippen LogP contribution < -0.4 is 0 Å². The Hall–Kier alpha value is -1.15. The normalized spacial score (nSPS) is 34.9. The SMILES string of the molecule is O=S1(=O)C2CCC1CC(O)(c1cnccc1C(F)(F)F)C2. The molecule has 0 amide bonds. The topological polar surface area (TPSA) is 67.3 Å². The molecule has 0 radical (unpaired) electrons. The number of halogens is 3. The Morgan fingerprint density at radius 3 is 2.33 bits per heavy atom. The number of rotatable bonds is 1. The quantitative estimate of drug-likeness (QED) is 0.859. The van der Waals surface area contributed by atoms with Crippen molar-refractivity contribution in [3.05, 3.63) is 29.6 Å². The second-order valence-corrected chi connectivity index (χ2v) is 8.28. The van der Waals surface area contributed by atoms with Crippen LogP contribution in [-0.4, -0.2) is 29.0 Å². The number of hydrogen-bond acceptors (Lipinski definition) is 4. The largest absolute Gasteiger partial charge is 0.416 e. The molecule has 0 saturated carbocycles. The highest BCUT2D eigenvalue weighted by molar-refractivity contribution is 7.93. The number of fused-ring (bicyclic) bond motifs is 2. The van der Waals surface area contributed by atoms with Crippen LogP contribution in [-0.2, 0) is 21.6 Å². The van der Waals surface area contributed by atoms with Crippen LogP contribution in [0.15, 0.2) is 18.5 Å². The Morgan fingerprint density at radius 2 is 1.81 bits per heavy atom. The molecule has 1 aromatic rings. The zero-order chi connectivity index (χ0) is 15.5. The summed E-state index contributed by atoms with van der Waals surface area (Å²) in [4.78, 5) is 3.68. The summed E-state index contributed by atoms with van der Waals surface area (Å²) in [5, 5.41) is 9.17. The van der Waals surface area contributed by atoms with E-state index in [1.165, 1.54) is 0 Å². The lowest BCUT2D eigenvalue weighted by Crippen LogP contribution is -2.44. The van der Waals surface area contributed by atoms with Gasteiger partial charge in [0.25, 0.3) is 0 Å². The van der Waals surface area contributed by atoms with Crippen LogP contribution in [0.2, 0.25) is 0 Å². The molecule has 2 bridgehead atoms. The number of sulfone groups is 1. The Bertz CT molecular complexity index is 651. The lowest BCUT2D eigenvalue weighted by molar-refractivity contribution is -0.141. The first-order valence-corrected chi connectivity index (χ1v) is 8.22. The molecule has 2 unspecified atom stereocenters. The van der Waals surface area contributed by atoms with Crippen molar-refractivity contribution in [3.63, 3.8) is 0 Å². The van der Waals surface area contributed by atoms with Crippen molar-refractivity contribution in [2.75, 3.05) is 0 Å². The second-order valence-electron chi connectivity index (χ2n) is 5.77. The van der Waals surface area contributed by atoms with Crippen LogP contribution in [0.25, 0.3) is 0 Å². The zero-order valence-electron chi connectivity index (χ0n) is 11.0. The van der Waals surface area contributed by atoms with Gasteiger partial charge in [-0.25, -0.2) is 8.42 Å². The molecule has 3 heterocycles. The summed E-state index contributed by atoms with van der Waals surface area (Å²) in [5.74, 6) is 0. The van der Waals surface area contributed by atoms with Crippen LogP contribution >= 0.6 is 0 Å². The standard InChI is InChI=1S/C13H14F3NO3S/c14-13(15,16)10-3-4-17-7-11(10)12(18)5-8-1-2-9(6-12)21(8,19)20/h3-4,7-9,18H,1-2,5-6H2. The molecule has 4 nitrogen and oxygen atoms in total.